The number of ether oxygens (including phenoxy) is 3. The Morgan fingerprint density at radius 2 is 1.75 bits per heavy atom. The molecule has 1 fully saturated rings. The number of hydrogen-bond acceptors (Lipinski definition) is 7. The number of nitrogens with zero attached hydrogens (tertiary/aromatic N) is 1. The lowest BCUT2D eigenvalue weighted by atomic mass is 10.1. The number of carbonyl (C=O) groups excluding carboxylic acids is 4. The first-order valence-electron chi connectivity index (χ1n) is 12.2. The molecule has 1 N–H and O–H groups in total. The van der Waals surface area contributed by atoms with Crippen LogP contribution in [-0.4, -0.2) is 50.1 Å². The van der Waals surface area contributed by atoms with E-state index in [0.29, 0.717) is 35.9 Å². The minimum Gasteiger partial charge on any atom is -0.492 e. The molecule has 9 nitrogen and oxygen atoms in total. The molecule has 1 aliphatic heterocycles. The van der Waals surface area contributed by atoms with Crippen LogP contribution >= 0.6 is 0 Å². The van der Waals surface area contributed by atoms with Crippen LogP contribution in [0.2, 0.25) is 0 Å². The number of carbonyl (C=O) groups is 4. The van der Waals surface area contributed by atoms with Gasteiger partial charge in [0.15, 0.2) is 6.61 Å². The molecule has 0 aromatic heterocycles. The van der Waals surface area contributed by atoms with Crippen molar-refractivity contribution >= 4 is 35.1 Å². The second kappa shape index (κ2) is 13.3. The topological polar surface area (TPSA) is 111 Å². The van der Waals surface area contributed by atoms with Crippen LogP contribution in [0.3, 0.4) is 0 Å². The Labute approximate surface area is 210 Å². The molecule has 0 bridgehead atoms. The van der Waals surface area contributed by atoms with Crippen molar-refractivity contribution in [2.75, 3.05) is 36.6 Å². The number of esters is 2. The Bertz CT molecular complexity index is 1070. The fourth-order valence-corrected chi connectivity index (χ4v) is 3.78. The summed E-state index contributed by atoms with van der Waals surface area (Å²) in [6.45, 7) is 4.39. The standard InChI is InChI=1S/C27H32N2O7/c1-3-5-8-15-35-26(32)19-11-13-21(14-12-19)29-17-20(16-25(29)31)27(33)36-18-24(30)28-22-9-6-7-10-23(22)34-4-2/h6-7,9-14,20H,3-5,8,15-18H2,1-2H3,(H,28,30)/t20-/m1/s1. The molecule has 1 aliphatic rings. The van der Waals surface area contributed by atoms with Crippen molar-refractivity contribution in [3.8, 4) is 5.75 Å². The minimum atomic E-state index is -0.691. The third-order valence-electron chi connectivity index (χ3n) is 5.66. The number of benzene rings is 2. The van der Waals surface area contributed by atoms with Crippen LogP contribution in [-0.2, 0) is 23.9 Å². The fourth-order valence-electron chi connectivity index (χ4n) is 3.78. The zero-order valence-corrected chi connectivity index (χ0v) is 20.7. The minimum absolute atomic E-state index is 0.0190. The van der Waals surface area contributed by atoms with E-state index in [0.717, 1.165) is 19.3 Å². The number of rotatable bonds is 12. The van der Waals surface area contributed by atoms with Gasteiger partial charge in [0.2, 0.25) is 5.91 Å². The van der Waals surface area contributed by atoms with Gasteiger partial charge in [0, 0.05) is 18.7 Å². The molecule has 2 aromatic carbocycles. The highest BCUT2D eigenvalue weighted by Crippen LogP contribution is 2.27. The van der Waals surface area contributed by atoms with Crippen molar-refractivity contribution in [2.45, 2.75) is 39.5 Å². The molecule has 0 saturated carbocycles. The van der Waals surface area contributed by atoms with Gasteiger partial charge in [-0.2, -0.15) is 0 Å². The van der Waals surface area contributed by atoms with Gasteiger partial charge in [-0.05, 0) is 49.7 Å². The number of para-hydroxylation sites is 2. The van der Waals surface area contributed by atoms with Crippen LogP contribution in [0.15, 0.2) is 48.5 Å². The van der Waals surface area contributed by atoms with Crippen molar-refractivity contribution in [3.05, 3.63) is 54.1 Å². The van der Waals surface area contributed by atoms with Crippen LogP contribution in [0, 0.1) is 5.92 Å². The molecule has 192 valence electrons. The van der Waals surface area contributed by atoms with E-state index in [2.05, 4.69) is 12.2 Å². The Kier molecular flexibility index (Phi) is 9.85. The van der Waals surface area contributed by atoms with Gasteiger partial charge in [-0.1, -0.05) is 31.9 Å². The average molecular weight is 497 g/mol. The lowest BCUT2D eigenvalue weighted by molar-refractivity contribution is -0.151. The summed E-state index contributed by atoms with van der Waals surface area (Å²) in [5.41, 5.74) is 1.45. The molecular weight excluding hydrogens is 464 g/mol. The number of amides is 2. The molecule has 1 heterocycles. The second-order valence-corrected chi connectivity index (χ2v) is 8.38. The highest BCUT2D eigenvalue weighted by atomic mass is 16.5. The first-order valence-corrected chi connectivity index (χ1v) is 12.2. The van der Waals surface area contributed by atoms with Gasteiger partial charge in [-0.15, -0.1) is 0 Å². The van der Waals surface area contributed by atoms with Crippen molar-refractivity contribution in [1.82, 2.24) is 0 Å². The predicted molar refractivity (Wildman–Crippen MR) is 134 cm³/mol. The van der Waals surface area contributed by atoms with Crippen LogP contribution in [0.1, 0.15) is 49.9 Å². The first-order chi connectivity index (χ1) is 17.4. The maximum atomic E-state index is 12.5. The maximum absolute atomic E-state index is 12.5. The third-order valence-corrected chi connectivity index (χ3v) is 5.66. The summed E-state index contributed by atoms with van der Waals surface area (Å²) in [5.74, 6) is -1.94. The van der Waals surface area contributed by atoms with Crippen molar-refractivity contribution in [1.29, 1.82) is 0 Å². The van der Waals surface area contributed by atoms with Crippen molar-refractivity contribution in [3.63, 3.8) is 0 Å². The van der Waals surface area contributed by atoms with Crippen LogP contribution in [0.4, 0.5) is 11.4 Å². The zero-order valence-electron chi connectivity index (χ0n) is 20.7. The molecule has 9 heteroatoms. The van der Waals surface area contributed by atoms with Gasteiger partial charge < -0.3 is 24.4 Å². The van der Waals surface area contributed by atoms with Gasteiger partial charge in [0.25, 0.3) is 5.91 Å². The summed E-state index contributed by atoms with van der Waals surface area (Å²) in [6.07, 6.45) is 2.84. The van der Waals surface area contributed by atoms with E-state index in [1.54, 1.807) is 48.5 Å². The molecule has 1 saturated heterocycles. The highest BCUT2D eigenvalue weighted by molar-refractivity contribution is 6.00. The van der Waals surface area contributed by atoms with E-state index in [1.807, 2.05) is 6.92 Å². The third kappa shape index (κ3) is 7.31. The maximum Gasteiger partial charge on any atom is 0.338 e. The molecule has 0 spiro atoms. The molecule has 36 heavy (non-hydrogen) atoms. The number of nitrogens with one attached hydrogen (secondary N) is 1. The molecular formula is C27H32N2O7. The predicted octanol–water partition coefficient (Wildman–Crippen LogP) is 3.97. The summed E-state index contributed by atoms with van der Waals surface area (Å²) in [4.78, 5) is 50.9. The summed E-state index contributed by atoms with van der Waals surface area (Å²) < 4.78 is 15.9. The monoisotopic (exact) mass is 496 g/mol. The summed E-state index contributed by atoms with van der Waals surface area (Å²) in [6, 6.07) is 13.5. The lowest BCUT2D eigenvalue weighted by Gasteiger charge is -2.17. The van der Waals surface area contributed by atoms with Crippen LogP contribution < -0.4 is 15.0 Å². The Morgan fingerprint density at radius 3 is 2.47 bits per heavy atom. The fraction of sp³-hybridized carbons (Fsp3) is 0.407. The van der Waals surface area contributed by atoms with Gasteiger partial charge in [0.1, 0.15) is 5.75 Å². The van der Waals surface area contributed by atoms with Crippen LogP contribution in [0.5, 0.6) is 5.75 Å². The smallest absolute Gasteiger partial charge is 0.338 e. The van der Waals surface area contributed by atoms with Crippen molar-refractivity contribution < 1.29 is 33.4 Å². The van der Waals surface area contributed by atoms with Gasteiger partial charge >= 0.3 is 11.9 Å². The summed E-state index contributed by atoms with van der Waals surface area (Å²) in [5, 5.41) is 2.66. The molecule has 2 amide bonds. The SMILES string of the molecule is CCCCCOC(=O)c1ccc(N2C[C@H](C(=O)OCC(=O)Nc3ccccc3OCC)CC2=O)cc1. The number of hydrogen-bond donors (Lipinski definition) is 1. The van der Waals surface area contributed by atoms with Crippen LogP contribution in [0.25, 0.3) is 0 Å². The number of unbranched alkanes of at least 4 members (excludes halogenated alkanes) is 2. The first kappa shape index (κ1) is 26.7. The summed E-state index contributed by atoms with van der Waals surface area (Å²) >= 11 is 0. The van der Waals surface area contributed by atoms with E-state index >= 15 is 0 Å². The highest BCUT2D eigenvalue weighted by Gasteiger charge is 2.36. The second-order valence-electron chi connectivity index (χ2n) is 8.38. The van der Waals surface area contributed by atoms with Gasteiger partial charge in [-0.25, -0.2) is 4.79 Å². The number of anilines is 2. The van der Waals surface area contributed by atoms with E-state index in [4.69, 9.17) is 14.2 Å². The van der Waals surface area contributed by atoms with E-state index in [9.17, 15) is 19.2 Å². The summed E-state index contributed by atoms with van der Waals surface area (Å²) in [7, 11) is 0. The molecule has 0 unspecified atom stereocenters. The average Bonchev–Trinajstić information content (AvgIpc) is 3.28. The Hall–Kier alpha value is -3.88. The molecule has 3 rings (SSSR count). The van der Waals surface area contributed by atoms with Gasteiger partial charge in [0.05, 0.1) is 30.4 Å². The zero-order chi connectivity index (χ0) is 25.9. The normalized spacial score (nSPS) is 14.9. The van der Waals surface area contributed by atoms with E-state index < -0.39 is 30.4 Å². The van der Waals surface area contributed by atoms with E-state index in [1.165, 1.54) is 4.90 Å². The van der Waals surface area contributed by atoms with Gasteiger partial charge in [-0.3, -0.25) is 14.4 Å². The van der Waals surface area contributed by atoms with Crippen molar-refractivity contribution in [2.24, 2.45) is 5.92 Å². The molecule has 0 radical (unpaired) electrons. The molecule has 2 aromatic rings. The Balaban J connectivity index is 1.49. The quantitative estimate of drug-likeness (QED) is 0.350. The molecule has 0 aliphatic carbocycles. The van der Waals surface area contributed by atoms with E-state index in [-0.39, 0.29) is 18.9 Å². The molecule has 1 atom stereocenters. The largest absolute Gasteiger partial charge is 0.492 e. The lowest BCUT2D eigenvalue weighted by Crippen LogP contribution is -2.28. The Morgan fingerprint density at radius 1 is 1.00 bits per heavy atom.